The summed E-state index contributed by atoms with van der Waals surface area (Å²) in [4.78, 5) is 29.9. The summed E-state index contributed by atoms with van der Waals surface area (Å²) in [7, 11) is 0. The first kappa shape index (κ1) is 29.0. The summed E-state index contributed by atoms with van der Waals surface area (Å²) in [5.41, 5.74) is 2.07. The van der Waals surface area contributed by atoms with Crippen molar-refractivity contribution >= 4 is 54.9 Å². The molecule has 1 aliphatic rings. The van der Waals surface area contributed by atoms with Crippen LogP contribution in [0.25, 0.3) is 10.9 Å². The molecule has 0 saturated heterocycles. The molecule has 4 aromatic rings. The number of aromatic carboxylic acids is 1. The van der Waals surface area contributed by atoms with Crippen LogP contribution in [0.5, 0.6) is 11.5 Å². The van der Waals surface area contributed by atoms with Crippen LogP contribution in [0, 0.1) is 0 Å². The van der Waals surface area contributed by atoms with Crippen molar-refractivity contribution in [1.82, 2.24) is 9.66 Å². The molecule has 0 bridgehead atoms. The van der Waals surface area contributed by atoms with E-state index in [9.17, 15) is 14.7 Å². The molecule has 0 unspecified atom stereocenters. The number of nitrogens with zero attached hydrogens (tertiary/aromatic N) is 3. The van der Waals surface area contributed by atoms with Crippen LogP contribution in [0.1, 0.15) is 72.3 Å². The van der Waals surface area contributed by atoms with Gasteiger partial charge in [0, 0.05) is 20.4 Å². The average molecular weight is 683 g/mol. The van der Waals surface area contributed by atoms with Crippen molar-refractivity contribution in [2.75, 3.05) is 6.61 Å². The second kappa shape index (κ2) is 13.0. The lowest BCUT2D eigenvalue weighted by atomic mass is 9.88. The number of ether oxygens (including phenoxy) is 2. The largest absolute Gasteiger partial charge is 0.490 e. The second-order valence-corrected chi connectivity index (χ2v) is 11.6. The Bertz CT molecular complexity index is 1680. The maximum atomic E-state index is 13.7. The number of benzene rings is 3. The van der Waals surface area contributed by atoms with E-state index in [4.69, 9.17) is 14.5 Å². The van der Waals surface area contributed by atoms with Gasteiger partial charge in [-0.3, -0.25) is 4.79 Å². The molecular formula is C31H29Br2N3O5. The fourth-order valence-electron chi connectivity index (χ4n) is 5.01. The minimum Gasteiger partial charge on any atom is -0.490 e. The Kier molecular flexibility index (Phi) is 9.19. The summed E-state index contributed by atoms with van der Waals surface area (Å²) in [6, 6.07) is 15.7. The molecule has 1 heterocycles. The zero-order valence-corrected chi connectivity index (χ0v) is 25.7. The maximum absolute atomic E-state index is 13.7. The third kappa shape index (κ3) is 6.70. The number of aromatic nitrogens is 2. The van der Waals surface area contributed by atoms with Crippen LogP contribution in [0.15, 0.2) is 73.4 Å². The van der Waals surface area contributed by atoms with E-state index in [-0.39, 0.29) is 23.6 Å². The number of halogens is 2. The normalized spacial score (nSPS) is 14.0. The zero-order valence-electron chi connectivity index (χ0n) is 22.5. The van der Waals surface area contributed by atoms with Gasteiger partial charge in [-0.25, -0.2) is 9.78 Å². The second-order valence-electron chi connectivity index (χ2n) is 9.88. The molecule has 1 N–H and O–H groups in total. The third-order valence-electron chi connectivity index (χ3n) is 7.05. The van der Waals surface area contributed by atoms with Gasteiger partial charge in [0.2, 0.25) is 0 Å². The van der Waals surface area contributed by atoms with Gasteiger partial charge >= 0.3 is 5.97 Å². The van der Waals surface area contributed by atoms with E-state index >= 15 is 0 Å². The molecule has 8 nitrogen and oxygen atoms in total. The molecule has 0 aliphatic heterocycles. The first-order valence-corrected chi connectivity index (χ1v) is 15.1. The van der Waals surface area contributed by atoms with Gasteiger partial charge in [-0.2, -0.15) is 9.78 Å². The third-order valence-corrected chi connectivity index (χ3v) is 8.23. The molecule has 1 saturated carbocycles. The summed E-state index contributed by atoms with van der Waals surface area (Å²) in [6.45, 7) is 2.46. The van der Waals surface area contributed by atoms with E-state index in [2.05, 4.69) is 37.0 Å². The molecular weight excluding hydrogens is 654 g/mol. The number of hydrogen-bond acceptors (Lipinski definition) is 6. The Morgan fingerprint density at radius 3 is 2.61 bits per heavy atom. The average Bonchev–Trinajstić information content (AvgIpc) is 2.98. The molecule has 1 aromatic heterocycles. The Balaban J connectivity index is 1.49. The van der Waals surface area contributed by atoms with E-state index in [1.54, 1.807) is 42.6 Å². The van der Waals surface area contributed by atoms with Crippen LogP contribution in [0.4, 0.5) is 0 Å². The van der Waals surface area contributed by atoms with Gasteiger partial charge in [0.1, 0.15) is 12.4 Å². The minimum atomic E-state index is -0.992. The van der Waals surface area contributed by atoms with Crippen molar-refractivity contribution in [2.24, 2.45) is 5.10 Å². The van der Waals surface area contributed by atoms with E-state index in [1.807, 2.05) is 19.1 Å². The first-order chi connectivity index (χ1) is 19.8. The van der Waals surface area contributed by atoms with Crippen LogP contribution < -0.4 is 15.0 Å². The van der Waals surface area contributed by atoms with Gasteiger partial charge in [-0.15, -0.1) is 0 Å². The predicted octanol–water partition coefficient (Wildman–Crippen LogP) is 7.53. The molecule has 212 valence electrons. The zero-order chi connectivity index (χ0) is 28.9. The number of hydrogen-bond donors (Lipinski definition) is 1. The summed E-state index contributed by atoms with van der Waals surface area (Å²) in [5.74, 6) is 0.860. The molecule has 0 atom stereocenters. The highest BCUT2D eigenvalue weighted by molar-refractivity contribution is 9.10. The van der Waals surface area contributed by atoms with Crippen LogP contribution in [-0.2, 0) is 6.61 Å². The van der Waals surface area contributed by atoms with Crippen molar-refractivity contribution in [3.8, 4) is 11.5 Å². The molecule has 3 aromatic carbocycles. The van der Waals surface area contributed by atoms with Gasteiger partial charge in [0.05, 0.1) is 29.3 Å². The highest BCUT2D eigenvalue weighted by atomic mass is 79.9. The Hall–Kier alpha value is -3.50. The lowest BCUT2D eigenvalue weighted by molar-refractivity contribution is 0.0696. The lowest BCUT2D eigenvalue weighted by Gasteiger charge is -2.22. The fourth-order valence-corrected chi connectivity index (χ4v) is 5.79. The molecule has 0 spiro atoms. The summed E-state index contributed by atoms with van der Waals surface area (Å²) < 4.78 is 14.8. The number of fused-ring (bicyclic) bond motifs is 1. The molecule has 1 aliphatic carbocycles. The SMILES string of the molecule is CCOc1cc(C=Nn2c(C3CCCCC3)nc3ccc(Br)cc3c2=O)c(Br)cc1OCc1cccc(C(=O)O)c1. The lowest BCUT2D eigenvalue weighted by Crippen LogP contribution is -2.25. The Morgan fingerprint density at radius 1 is 1.07 bits per heavy atom. The van der Waals surface area contributed by atoms with Gasteiger partial charge in [0.15, 0.2) is 11.5 Å². The molecule has 10 heteroatoms. The molecule has 41 heavy (non-hydrogen) atoms. The molecule has 0 amide bonds. The summed E-state index contributed by atoms with van der Waals surface area (Å²) >= 11 is 7.08. The predicted molar refractivity (Wildman–Crippen MR) is 166 cm³/mol. The summed E-state index contributed by atoms with van der Waals surface area (Å²) in [6.07, 6.45) is 6.98. The molecule has 5 rings (SSSR count). The van der Waals surface area contributed by atoms with E-state index in [0.29, 0.717) is 44.9 Å². The van der Waals surface area contributed by atoms with Crippen LogP contribution in [0.3, 0.4) is 0 Å². The van der Waals surface area contributed by atoms with E-state index in [0.717, 1.165) is 35.7 Å². The standard InChI is InChI=1S/C31H29Br2N3O5/c1-2-40-27-14-22(25(33)16-28(27)41-18-19-7-6-10-21(13-19)31(38)39)17-34-36-29(20-8-4-3-5-9-20)35-26-12-11-23(32)15-24(26)30(36)37/h6-7,10-17,20H,2-5,8-9,18H2,1H3,(H,38,39). The first-order valence-electron chi connectivity index (χ1n) is 13.5. The van der Waals surface area contributed by atoms with Crippen LogP contribution in [0.2, 0.25) is 0 Å². The van der Waals surface area contributed by atoms with Gasteiger partial charge in [-0.1, -0.05) is 47.3 Å². The Labute approximate surface area is 254 Å². The van der Waals surface area contributed by atoms with Crippen molar-refractivity contribution in [3.63, 3.8) is 0 Å². The number of carboxylic acid groups (broad SMARTS) is 1. The van der Waals surface area contributed by atoms with Crippen molar-refractivity contribution in [3.05, 3.63) is 96.4 Å². The van der Waals surface area contributed by atoms with Crippen LogP contribution >= 0.6 is 31.9 Å². The van der Waals surface area contributed by atoms with E-state index in [1.165, 1.54) is 17.2 Å². The molecule has 0 radical (unpaired) electrons. The van der Waals surface area contributed by atoms with Crippen LogP contribution in [-0.4, -0.2) is 33.6 Å². The van der Waals surface area contributed by atoms with Gasteiger partial charge in [0.25, 0.3) is 5.56 Å². The minimum absolute atomic E-state index is 0.166. The van der Waals surface area contributed by atoms with Gasteiger partial charge in [-0.05, 0) is 83.7 Å². The van der Waals surface area contributed by atoms with Gasteiger partial charge < -0.3 is 14.6 Å². The molecule has 1 fully saturated rings. The highest BCUT2D eigenvalue weighted by Crippen LogP contribution is 2.35. The quantitative estimate of drug-likeness (QED) is 0.183. The number of rotatable bonds is 9. The Morgan fingerprint density at radius 2 is 1.85 bits per heavy atom. The topological polar surface area (TPSA) is 103 Å². The maximum Gasteiger partial charge on any atom is 0.335 e. The van der Waals surface area contributed by atoms with Crippen molar-refractivity contribution in [1.29, 1.82) is 0 Å². The van der Waals surface area contributed by atoms with Crippen molar-refractivity contribution in [2.45, 2.75) is 51.6 Å². The monoisotopic (exact) mass is 681 g/mol. The fraction of sp³-hybridized carbons (Fsp3) is 0.290. The highest BCUT2D eigenvalue weighted by Gasteiger charge is 2.23. The number of carbonyl (C=O) groups is 1. The summed E-state index contributed by atoms with van der Waals surface area (Å²) in [5, 5.41) is 14.4. The van der Waals surface area contributed by atoms with Crippen molar-refractivity contribution < 1.29 is 19.4 Å². The van der Waals surface area contributed by atoms with E-state index < -0.39 is 5.97 Å². The smallest absolute Gasteiger partial charge is 0.335 e. The number of carboxylic acids is 1.